The predicted molar refractivity (Wildman–Crippen MR) is 192 cm³/mol. The zero-order valence-electron chi connectivity index (χ0n) is 29.6. The summed E-state index contributed by atoms with van der Waals surface area (Å²) in [6.45, 7) is 26.3. The number of amides is 1. The molecule has 0 spiro atoms. The van der Waals surface area contributed by atoms with Crippen LogP contribution in [-0.2, 0) is 13.6 Å². The van der Waals surface area contributed by atoms with E-state index in [1.54, 1.807) is 24.3 Å². The van der Waals surface area contributed by atoms with Crippen LogP contribution in [0.25, 0.3) is 0 Å². The molecular formula is C34H55BrFN3O5Si2. The Morgan fingerprint density at radius 2 is 1.41 bits per heavy atom. The van der Waals surface area contributed by atoms with Gasteiger partial charge in [0.25, 0.3) is 5.91 Å². The maximum absolute atomic E-state index is 17.4. The van der Waals surface area contributed by atoms with Crippen LogP contribution in [-0.4, -0.2) is 55.5 Å². The van der Waals surface area contributed by atoms with Gasteiger partial charge in [-0.15, -0.1) is 0 Å². The standard InChI is InChI=1S/C34H55BrFN3O5Si2/c1-21(2)45(22(3)4,23(5)6)42-20-28-30(44-46(24(7)8,25(9)10)26(11)12)34(35,36)32(43-28)39-19-18-29(38-33(39)41)37-31(40)27-16-14-13-15-17-27/h13-19,21-26,28,30,32H,20H2,1-12H3,(H,37,38,40,41)/t28-,30-,32-,34-/m1/s1. The van der Waals surface area contributed by atoms with Crippen molar-refractivity contribution in [3.63, 3.8) is 0 Å². The summed E-state index contributed by atoms with van der Waals surface area (Å²) in [7, 11) is -4.95. The SMILES string of the molecule is CC(C)[Si](OC[C@H]1O[C@@H](n2ccc(NC(=O)c3ccccc3)nc2=O)[C@@](F)(Br)[C@@H]1O[Si](C(C)C)(C(C)C)C(C)C)(C(C)C)C(C)C. The number of alkyl halides is 2. The number of carbonyl (C=O) groups is 1. The molecule has 2 aromatic rings. The molecule has 12 heteroatoms. The minimum absolute atomic E-state index is 0.0623. The van der Waals surface area contributed by atoms with E-state index in [9.17, 15) is 9.59 Å². The van der Waals surface area contributed by atoms with E-state index in [1.165, 1.54) is 12.3 Å². The van der Waals surface area contributed by atoms with Crippen LogP contribution >= 0.6 is 15.9 Å². The summed E-state index contributed by atoms with van der Waals surface area (Å²) in [5.74, 6) is -0.342. The first-order chi connectivity index (χ1) is 21.3. The third-order valence-corrected chi connectivity index (χ3v) is 23.0. The molecule has 0 unspecified atom stereocenters. The smallest absolute Gasteiger partial charge is 0.351 e. The predicted octanol–water partition coefficient (Wildman–Crippen LogP) is 9.21. The van der Waals surface area contributed by atoms with Gasteiger partial charge in [0.05, 0.1) is 6.61 Å². The quantitative estimate of drug-likeness (QED) is 0.154. The Morgan fingerprint density at radius 1 is 0.913 bits per heavy atom. The maximum Gasteiger partial charge on any atom is 0.351 e. The molecule has 4 atom stereocenters. The fourth-order valence-corrected chi connectivity index (χ4v) is 20.0. The lowest BCUT2D eigenvalue weighted by Crippen LogP contribution is -2.56. The second-order valence-electron chi connectivity index (χ2n) is 14.5. The van der Waals surface area contributed by atoms with Gasteiger partial charge in [-0.3, -0.25) is 9.36 Å². The van der Waals surface area contributed by atoms with Gasteiger partial charge in [-0.25, -0.2) is 9.18 Å². The maximum atomic E-state index is 17.4. The molecule has 1 amide bonds. The largest absolute Gasteiger partial charge is 0.413 e. The Labute approximate surface area is 285 Å². The molecule has 1 aliphatic rings. The van der Waals surface area contributed by atoms with Crippen molar-refractivity contribution < 1.29 is 22.8 Å². The molecular weight excluding hydrogens is 685 g/mol. The number of rotatable bonds is 14. The van der Waals surface area contributed by atoms with Gasteiger partial charge in [0.2, 0.25) is 12.9 Å². The number of aromatic nitrogens is 2. The van der Waals surface area contributed by atoms with Gasteiger partial charge in [-0.2, -0.15) is 4.98 Å². The number of hydrogen-bond acceptors (Lipinski definition) is 6. The molecule has 0 saturated carbocycles. The first kappa shape index (κ1) is 38.7. The van der Waals surface area contributed by atoms with E-state index in [1.807, 2.05) is 6.07 Å². The van der Waals surface area contributed by atoms with Crippen molar-refractivity contribution in [2.45, 2.75) is 139 Å². The highest BCUT2D eigenvalue weighted by atomic mass is 79.9. The highest BCUT2D eigenvalue weighted by Gasteiger charge is 2.62. The van der Waals surface area contributed by atoms with Crippen LogP contribution in [0.2, 0.25) is 33.2 Å². The van der Waals surface area contributed by atoms with E-state index in [4.69, 9.17) is 13.6 Å². The fraction of sp³-hybridized carbons (Fsp3) is 0.676. The molecule has 3 rings (SSSR count). The molecule has 2 heterocycles. The molecule has 46 heavy (non-hydrogen) atoms. The number of anilines is 1. The third-order valence-electron chi connectivity index (χ3n) is 9.95. The van der Waals surface area contributed by atoms with Gasteiger partial charge in [-0.1, -0.05) is 101 Å². The average Bonchev–Trinajstić information content (AvgIpc) is 3.19. The molecule has 0 bridgehead atoms. The lowest BCUT2D eigenvalue weighted by atomic mass is 10.1. The Hall–Kier alpha value is -1.71. The zero-order chi connectivity index (χ0) is 34.8. The Balaban J connectivity index is 2.05. The second-order valence-corrected chi connectivity index (χ2v) is 26.6. The van der Waals surface area contributed by atoms with E-state index < -0.39 is 51.2 Å². The summed E-state index contributed by atoms with van der Waals surface area (Å²) in [5, 5.41) is 2.65. The number of nitrogens with one attached hydrogen (secondary N) is 1. The highest BCUT2D eigenvalue weighted by molar-refractivity contribution is 9.10. The summed E-state index contributed by atoms with van der Waals surface area (Å²) in [6.07, 6.45) is -1.80. The van der Waals surface area contributed by atoms with Crippen molar-refractivity contribution in [2.75, 3.05) is 11.9 Å². The molecule has 1 fully saturated rings. The van der Waals surface area contributed by atoms with Crippen molar-refractivity contribution in [3.8, 4) is 0 Å². The summed E-state index contributed by atoms with van der Waals surface area (Å²) in [4.78, 5) is 30.2. The molecule has 0 radical (unpaired) electrons. The number of carbonyl (C=O) groups excluding carboxylic acids is 1. The molecule has 1 N–H and O–H groups in total. The molecule has 8 nitrogen and oxygen atoms in total. The van der Waals surface area contributed by atoms with E-state index in [-0.39, 0.29) is 29.0 Å². The summed E-state index contributed by atoms with van der Waals surface area (Å²) in [5.41, 5.74) is 1.23. The Morgan fingerprint density at radius 3 is 1.87 bits per heavy atom. The van der Waals surface area contributed by atoms with Crippen molar-refractivity contribution >= 4 is 44.3 Å². The van der Waals surface area contributed by atoms with E-state index in [0.717, 1.165) is 4.57 Å². The number of ether oxygens (including phenoxy) is 1. The number of hydrogen-bond donors (Lipinski definition) is 1. The monoisotopic (exact) mass is 739 g/mol. The van der Waals surface area contributed by atoms with Gasteiger partial charge in [-0.05, 0) is 67.4 Å². The Bertz CT molecular complexity index is 1330. The van der Waals surface area contributed by atoms with Crippen LogP contribution in [0, 0.1) is 0 Å². The molecule has 1 saturated heterocycles. The van der Waals surface area contributed by atoms with Gasteiger partial charge in [0.15, 0.2) is 14.5 Å². The molecule has 0 aliphatic carbocycles. The van der Waals surface area contributed by atoms with Crippen LogP contribution in [0.1, 0.15) is 99.7 Å². The first-order valence-electron chi connectivity index (χ1n) is 16.6. The normalized spacial score (nSPS) is 22.7. The zero-order valence-corrected chi connectivity index (χ0v) is 33.2. The van der Waals surface area contributed by atoms with E-state index >= 15 is 4.39 Å². The van der Waals surface area contributed by atoms with Crippen LogP contribution in [0.5, 0.6) is 0 Å². The van der Waals surface area contributed by atoms with Gasteiger partial charge >= 0.3 is 5.69 Å². The van der Waals surface area contributed by atoms with Crippen LogP contribution in [0.15, 0.2) is 47.4 Å². The number of halogens is 2. The van der Waals surface area contributed by atoms with Crippen molar-refractivity contribution in [3.05, 3.63) is 58.6 Å². The van der Waals surface area contributed by atoms with Crippen LogP contribution < -0.4 is 11.0 Å². The molecule has 1 aromatic heterocycles. The van der Waals surface area contributed by atoms with Crippen molar-refractivity contribution in [1.82, 2.24) is 9.55 Å². The molecule has 1 aliphatic heterocycles. The summed E-state index contributed by atoms with van der Waals surface area (Å²) in [6, 6.07) is 10.1. The third kappa shape index (κ3) is 7.46. The molecule has 1 aromatic carbocycles. The van der Waals surface area contributed by atoms with E-state index in [0.29, 0.717) is 22.2 Å². The van der Waals surface area contributed by atoms with Crippen molar-refractivity contribution in [1.29, 1.82) is 0 Å². The number of benzene rings is 1. The second kappa shape index (κ2) is 15.2. The van der Waals surface area contributed by atoms with E-state index in [2.05, 4.69) is 109 Å². The Kier molecular flexibility index (Phi) is 12.8. The van der Waals surface area contributed by atoms with Crippen LogP contribution in [0.3, 0.4) is 0 Å². The summed E-state index contributed by atoms with van der Waals surface area (Å²) >= 11 is 3.39. The lowest BCUT2D eigenvalue weighted by Gasteiger charge is -2.46. The minimum Gasteiger partial charge on any atom is -0.413 e. The van der Waals surface area contributed by atoms with Crippen LogP contribution in [0.4, 0.5) is 10.2 Å². The highest BCUT2D eigenvalue weighted by Crippen LogP contribution is 2.53. The number of nitrogens with zero attached hydrogens (tertiary/aromatic N) is 2. The van der Waals surface area contributed by atoms with Gasteiger partial charge in [0.1, 0.15) is 18.0 Å². The minimum atomic E-state index is -2.61. The topological polar surface area (TPSA) is 91.7 Å². The average molecular weight is 741 g/mol. The van der Waals surface area contributed by atoms with Gasteiger partial charge in [0, 0.05) is 11.8 Å². The molecule has 258 valence electrons. The van der Waals surface area contributed by atoms with Gasteiger partial charge < -0.3 is 18.9 Å². The fourth-order valence-electron chi connectivity index (χ4n) is 8.04. The summed E-state index contributed by atoms with van der Waals surface area (Å²) < 4.78 is 36.8. The lowest BCUT2D eigenvalue weighted by molar-refractivity contribution is -0.0481. The van der Waals surface area contributed by atoms with Crippen molar-refractivity contribution in [2.24, 2.45) is 0 Å². The first-order valence-corrected chi connectivity index (χ1v) is 21.7.